The number of carbonyl (C=O) groups excluding carboxylic acids is 1. The molecule has 1 atom stereocenters. The zero-order valence-electron chi connectivity index (χ0n) is 13.3. The van der Waals surface area contributed by atoms with E-state index in [1.807, 2.05) is 54.6 Å². The van der Waals surface area contributed by atoms with Gasteiger partial charge in [0.05, 0.1) is 12.6 Å². The summed E-state index contributed by atoms with van der Waals surface area (Å²) >= 11 is 1.69. The third-order valence-electron chi connectivity index (χ3n) is 3.76. The molecule has 3 nitrogen and oxygen atoms in total. The zero-order chi connectivity index (χ0) is 16.6. The monoisotopic (exact) mass is 336 g/mol. The van der Waals surface area contributed by atoms with Crippen LogP contribution in [0.1, 0.15) is 22.0 Å². The van der Waals surface area contributed by atoms with E-state index in [9.17, 15) is 4.79 Å². The van der Waals surface area contributed by atoms with Gasteiger partial charge in [0.1, 0.15) is 0 Å². The molecule has 1 amide bonds. The minimum atomic E-state index is -0.00339. The molecule has 0 fully saturated rings. The van der Waals surface area contributed by atoms with E-state index in [1.165, 1.54) is 4.88 Å². The summed E-state index contributed by atoms with van der Waals surface area (Å²) in [7, 11) is 0. The standard InChI is InChI=1S/C20H20N2OS/c23-19(21-14-16-8-3-1-4-9-16)15-22-20(18-12-7-13-24-18)17-10-5-2-6-11-17/h1-13,20,22H,14-15H2,(H,21,23)/t20-/m0/s1. The number of rotatable bonds is 7. The van der Waals surface area contributed by atoms with Crippen molar-refractivity contribution < 1.29 is 4.79 Å². The zero-order valence-corrected chi connectivity index (χ0v) is 14.1. The van der Waals surface area contributed by atoms with Gasteiger partial charge in [-0.1, -0.05) is 66.7 Å². The van der Waals surface area contributed by atoms with E-state index in [0.717, 1.165) is 11.1 Å². The lowest BCUT2D eigenvalue weighted by molar-refractivity contribution is -0.120. The van der Waals surface area contributed by atoms with Gasteiger partial charge in [-0.2, -0.15) is 0 Å². The Morgan fingerprint density at radius 1 is 0.917 bits per heavy atom. The number of benzene rings is 2. The van der Waals surface area contributed by atoms with E-state index in [4.69, 9.17) is 0 Å². The number of hydrogen-bond donors (Lipinski definition) is 2. The Morgan fingerprint density at radius 2 is 1.62 bits per heavy atom. The number of amides is 1. The molecule has 4 heteroatoms. The summed E-state index contributed by atoms with van der Waals surface area (Å²) in [5, 5.41) is 8.38. The number of hydrogen-bond acceptors (Lipinski definition) is 3. The highest BCUT2D eigenvalue weighted by Crippen LogP contribution is 2.25. The van der Waals surface area contributed by atoms with Gasteiger partial charge >= 0.3 is 0 Å². The van der Waals surface area contributed by atoms with E-state index in [2.05, 4.69) is 34.2 Å². The second kappa shape index (κ2) is 8.43. The van der Waals surface area contributed by atoms with Gasteiger partial charge in [-0.15, -0.1) is 11.3 Å². The van der Waals surface area contributed by atoms with Gasteiger partial charge in [0.15, 0.2) is 0 Å². The lowest BCUT2D eigenvalue weighted by Gasteiger charge is -2.18. The average Bonchev–Trinajstić information content (AvgIpc) is 3.16. The van der Waals surface area contributed by atoms with E-state index in [0.29, 0.717) is 6.54 Å². The molecule has 3 rings (SSSR count). The predicted molar refractivity (Wildman–Crippen MR) is 98.9 cm³/mol. The Bertz CT molecular complexity index is 742. The van der Waals surface area contributed by atoms with Crippen LogP contribution in [0.25, 0.3) is 0 Å². The molecule has 0 spiro atoms. The molecule has 0 aliphatic rings. The van der Waals surface area contributed by atoms with Crippen LogP contribution in [-0.2, 0) is 11.3 Å². The highest BCUT2D eigenvalue weighted by Gasteiger charge is 2.15. The van der Waals surface area contributed by atoms with Crippen molar-refractivity contribution in [3.05, 3.63) is 94.2 Å². The predicted octanol–water partition coefficient (Wildman–Crippen LogP) is 3.74. The third kappa shape index (κ3) is 4.54. The van der Waals surface area contributed by atoms with E-state index < -0.39 is 0 Å². The maximum absolute atomic E-state index is 12.2. The largest absolute Gasteiger partial charge is 0.351 e. The van der Waals surface area contributed by atoms with Crippen LogP contribution in [0.4, 0.5) is 0 Å². The molecule has 2 N–H and O–H groups in total. The number of nitrogens with one attached hydrogen (secondary N) is 2. The van der Waals surface area contributed by atoms with Crippen LogP contribution in [0.5, 0.6) is 0 Å². The van der Waals surface area contributed by atoms with Crippen LogP contribution in [0.3, 0.4) is 0 Å². The minimum Gasteiger partial charge on any atom is -0.351 e. The number of thiophene rings is 1. The van der Waals surface area contributed by atoms with Gasteiger partial charge in [0, 0.05) is 11.4 Å². The lowest BCUT2D eigenvalue weighted by Crippen LogP contribution is -2.35. The second-order valence-corrected chi connectivity index (χ2v) is 6.48. The highest BCUT2D eigenvalue weighted by atomic mass is 32.1. The molecule has 122 valence electrons. The van der Waals surface area contributed by atoms with Crippen LogP contribution in [0, 0.1) is 0 Å². The molecule has 0 aliphatic carbocycles. The SMILES string of the molecule is O=C(CN[C@@H](c1ccccc1)c1cccs1)NCc1ccccc1. The van der Waals surface area contributed by atoms with Crippen LogP contribution in [0.2, 0.25) is 0 Å². The smallest absolute Gasteiger partial charge is 0.234 e. The van der Waals surface area contributed by atoms with Crippen molar-refractivity contribution in [2.24, 2.45) is 0 Å². The summed E-state index contributed by atoms with van der Waals surface area (Å²) in [6.07, 6.45) is 0. The fraction of sp³-hybridized carbons (Fsp3) is 0.150. The van der Waals surface area contributed by atoms with Gasteiger partial charge in [-0.05, 0) is 22.6 Å². The van der Waals surface area contributed by atoms with Gasteiger partial charge in [0.2, 0.25) is 5.91 Å². The first-order valence-corrected chi connectivity index (χ1v) is 8.83. The fourth-order valence-corrected chi connectivity index (χ4v) is 3.36. The molecule has 1 aromatic heterocycles. The summed E-state index contributed by atoms with van der Waals surface area (Å²) in [5.41, 5.74) is 2.26. The molecule has 2 aromatic carbocycles. The summed E-state index contributed by atoms with van der Waals surface area (Å²) < 4.78 is 0. The van der Waals surface area contributed by atoms with Crippen LogP contribution >= 0.6 is 11.3 Å². The maximum atomic E-state index is 12.2. The summed E-state index contributed by atoms with van der Waals surface area (Å²) in [5.74, 6) is -0.00339. The minimum absolute atomic E-state index is 0.00339. The lowest BCUT2D eigenvalue weighted by atomic mass is 10.1. The van der Waals surface area contributed by atoms with Gasteiger partial charge in [0.25, 0.3) is 0 Å². The summed E-state index contributed by atoms with van der Waals surface area (Å²) in [6, 6.07) is 24.3. The molecular weight excluding hydrogens is 316 g/mol. The first-order valence-electron chi connectivity index (χ1n) is 7.95. The topological polar surface area (TPSA) is 41.1 Å². The Balaban J connectivity index is 1.59. The van der Waals surface area contributed by atoms with Gasteiger partial charge in [-0.25, -0.2) is 0 Å². The Labute approximate surface area is 146 Å². The highest BCUT2D eigenvalue weighted by molar-refractivity contribution is 7.10. The molecule has 1 heterocycles. The second-order valence-electron chi connectivity index (χ2n) is 5.50. The van der Waals surface area contributed by atoms with Crippen LogP contribution < -0.4 is 10.6 Å². The molecular formula is C20H20N2OS. The first-order chi connectivity index (χ1) is 11.8. The van der Waals surface area contributed by atoms with Crippen molar-refractivity contribution >= 4 is 17.2 Å². The molecule has 0 radical (unpaired) electrons. The Hall–Kier alpha value is -2.43. The fourth-order valence-electron chi connectivity index (χ4n) is 2.54. The quantitative estimate of drug-likeness (QED) is 0.690. The van der Waals surface area contributed by atoms with Crippen molar-refractivity contribution in [1.29, 1.82) is 0 Å². The normalized spacial score (nSPS) is 11.8. The van der Waals surface area contributed by atoms with Crippen LogP contribution in [-0.4, -0.2) is 12.5 Å². The Kier molecular flexibility index (Phi) is 5.77. The molecule has 3 aromatic rings. The van der Waals surface area contributed by atoms with Crippen molar-refractivity contribution in [3.63, 3.8) is 0 Å². The third-order valence-corrected chi connectivity index (χ3v) is 4.70. The first kappa shape index (κ1) is 16.4. The van der Waals surface area contributed by atoms with Gasteiger partial charge < -0.3 is 5.32 Å². The molecule has 0 unspecified atom stereocenters. The van der Waals surface area contributed by atoms with Crippen molar-refractivity contribution in [3.8, 4) is 0 Å². The molecule has 24 heavy (non-hydrogen) atoms. The van der Waals surface area contributed by atoms with Gasteiger partial charge in [-0.3, -0.25) is 10.1 Å². The summed E-state index contributed by atoms with van der Waals surface area (Å²) in [4.78, 5) is 13.4. The summed E-state index contributed by atoms with van der Waals surface area (Å²) in [6.45, 7) is 0.834. The molecule has 0 bridgehead atoms. The van der Waals surface area contributed by atoms with Crippen LogP contribution in [0.15, 0.2) is 78.2 Å². The van der Waals surface area contributed by atoms with Crippen molar-refractivity contribution in [2.45, 2.75) is 12.6 Å². The number of carbonyl (C=O) groups is 1. The van der Waals surface area contributed by atoms with E-state index in [-0.39, 0.29) is 18.5 Å². The Morgan fingerprint density at radius 3 is 2.29 bits per heavy atom. The molecule has 0 saturated carbocycles. The van der Waals surface area contributed by atoms with Crippen molar-refractivity contribution in [1.82, 2.24) is 10.6 Å². The van der Waals surface area contributed by atoms with Crippen molar-refractivity contribution in [2.75, 3.05) is 6.54 Å². The van der Waals surface area contributed by atoms with E-state index in [1.54, 1.807) is 11.3 Å². The molecule has 0 aliphatic heterocycles. The average molecular weight is 336 g/mol. The molecule has 0 saturated heterocycles. The van der Waals surface area contributed by atoms with E-state index >= 15 is 0 Å². The maximum Gasteiger partial charge on any atom is 0.234 e.